The lowest BCUT2D eigenvalue weighted by Crippen LogP contribution is -2.18. The molecule has 0 fully saturated rings. The van der Waals surface area contributed by atoms with Crippen molar-refractivity contribution in [2.24, 2.45) is 0 Å². The van der Waals surface area contributed by atoms with Crippen LogP contribution in [0.5, 0.6) is 11.5 Å². The Morgan fingerprint density at radius 1 is 0.337 bits per heavy atom. The minimum Gasteiger partial charge on any atom is -0.494 e. The van der Waals surface area contributed by atoms with Crippen molar-refractivity contribution in [1.29, 1.82) is 0 Å². The molecule has 0 bridgehead atoms. The van der Waals surface area contributed by atoms with Crippen LogP contribution in [-0.2, 0) is 5.41 Å². The number of unbranched alkanes of at least 4 members (excludes halogenated alkanes) is 18. The van der Waals surface area contributed by atoms with E-state index >= 15 is 0 Å². The molecule has 98 heavy (non-hydrogen) atoms. The van der Waals surface area contributed by atoms with Crippen molar-refractivity contribution < 1.29 is 18.3 Å². The van der Waals surface area contributed by atoms with Gasteiger partial charge in [0.1, 0.15) is 11.5 Å². The fraction of sp³-hybridized carbons (Fsp3) is 0.289. The SMILES string of the molecule is C#CC#CC#CC#CC1(C)c2cc(/C=C/c3ccc(-c4ccc(-c5nnc(-c6ccc(OCCCCCCCCCCCC)cc6)o5)cc4)cc3)ccc2-c2ccc(/C=C/c3ccc(-c4ccc(-c5nnc(-c6ccc(OCCCCCCCCCCCC)cc6)o5)cc4)cc3)cc21. The topological polar surface area (TPSA) is 96.3 Å². The van der Waals surface area contributed by atoms with Gasteiger partial charge in [-0.15, -0.1) is 26.8 Å². The Hall–Kier alpha value is -10.6. The molecule has 492 valence electrons. The van der Waals surface area contributed by atoms with Gasteiger partial charge in [-0.05, 0) is 207 Å². The van der Waals surface area contributed by atoms with Gasteiger partial charge in [-0.1, -0.05) is 257 Å². The fourth-order valence-electron chi connectivity index (χ4n) is 12.6. The molecule has 0 amide bonds. The molecule has 0 saturated heterocycles. The molecule has 0 aliphatic heterocycles. The van der Waals surface area contributed by atoms with Crippen LogP contribution in [0.3, 0.4) is 0 Å². The first-order valence-electron chi connectivity index (χ1n) is 35.5. The van der Waals surface area contributed by atoms with E-state index in [9.17, 15) is 0 Å². The largest absolute Gasteiger partial charge is 0.494 e. The summed E-state index contributed by atoms with van der Waals surface area (Å²) in [5, 5.41) is 17.5. The van der Waals surface area contributed by atoms with Crippen LogP contribution in [0, 0.1) is 47.9 Å². The number of hydrogen-bond acceptors (Lipinski definition) is 8. The summed E-state index contributed by atoms with van der Waals surface area (Å²) in [4.78, 5) is 0. The van der Waals surface area contributed by atoms with E-state index in [2.05, 4.69) is 216 Å². The Labute approximate surface area is 581 Å². The number of terminal acetylenes is 1. The highest BCUT2D eigenvalue weighted by atomic mass is 16.5. The average molecular weight is 1290 g/mol. The van der Waals surface area contributed by atoms with Crippen LogP contribution in [0.1, 0.15) is 183 Å². The molecule has 8 nitrogen and oxygen atoms in total. The molecule has 0 saturated carbocycles. The van der Waals surface area contributed by atoms with Gasteiger partial charge in [0.05, 0.1) is 18.6 Å². The number of nitrogens with zero attached hydrogens (tertiary/aromatic N) is 4. The van der Waals surface area contributed by atoms with Crippen molar-refractivity contribution in [3.63, 3.8) is 0 Å². The monoisotopic (exact) mass is 1290 g/mol. The number of ether oxygens (including phenoxy) is 2. The fourth-order valence-corrected chi connectivity index (χ4v) is 12.6. The Morgan fingerprint density at radius 3 is 0.980 bits per heavy atom. The van der Waals surface area contributed by atoms with Gasteiger partial charge in [-0.2, -0.15) is 0 Å². The zero-order valence-corrected chi connectivity index (χ0v) is 57.2. The minimum absolute atomic E-state index is 0.475. The van der Waals surface area contributed by atoms with Gasteiger partial charge in [0, 0.05) is 22.3 Å². The number of fused-ring (bicyclic) bond motifs is 3. The standard InChI is InChI=1S/C90H88N4O4/c1-5-8-11-14-17-19-21-23-26-29-64-95-80-57-53-78(54-58-80)88-93-91-86(97-88)76-49-45-74(46-50-76)72-41-35-68(36-42-72)31-33-70-39-61-82-83-62-40-71(67-85(83)90(4,84(82)66-70)63-28-25-16-13-10-7-3)34-32-69-37-43-73(44-38-69)75-47-51-77(52-48-75)87-92-94-89(98-87)79-55-59-81(60-56-79)96-65-30-27-24-22-20-18-15-12-9-6-2/h3,31-62,66-67H,5-6,8-9,11-12,14-15,17-24,26-27,29-30,64-65H2,1-2,4H3/b33-31+,34-32+. The number of aromatic nitrogens is 4. The van der Waals surface area contributed by atoms with Crippen molar-refractivity contribution in [2.75, 3.05) is 13.2 Å². The Morgan fingerprint density at radius 2 is 0.622 bits per heavy atom. The lowest BCUT2D eigenvalue weighted by atomic mass is 9.80. The van der Waals surface area contributed by atoms with Crippen LogP contribution < -0.4 is 9.47 Å². The van der Waals surface area contributed by atoms with Crippen LogP contribution in [-0.4, -0.2) is 33.6 Å². The molecule has 2 aromatic heterocycles. The highest BCUT2D eigenvalue weighted by molar-refractivity contribution is 5.87. The smallest absolute Gasteiger partial charge is 0.248 e. The lowest BCUT2D eigenvalue weighted by molar-refractivity contribution is 0.304. The van der Waals surface area contributed by atoms with Gasteiger partial charge in [-0.3, -0.25) is 0 Å². The summed E-state index contributed by atoms with van der Waals surface area (Å²) in [7, 11) is 0. The van der Waals surface area contributed by atoms with Crippen molar-refractivity contribution in [3.05, 3.63) is 215 Å². The molecule has 0 spiro atoms. The Bertz CT molecular complexity index is 4240. The van der Waals surface area contributed by atoms with E-state index in [4.69, 9.17) is 24.7 Å². The summed E-state index contributed by atoms with van der Waals surface area (Å²) in [6.07, 6.45) is 40.1. The maximum atomic E-state index is 6.15. The average Bonchev–Trinajstić information content (AvgIpc) is 1.57. The summed E-state index contributed by atoms with van der Waals surface area (Å²) in [6.45, 7) is 8.18. The minimum atomic E-state index is -0.653. The van der Waals surface area contributed by atoms with Gasteiger partial charge in [0.15, 0.2) is 0 Å². The lowest BCUT2D eigenvalue weighted by Gasteiger charge is -2.21. The summed E-state index contributed by atoms with van der Waals surface area (Å²) >= 11 is 0. The number of benzene rings is 8. The van der Waals surface area contributed by atoms with Crippen molar-refractivity contribution in [2.45, 2.75) is 155 Å². The van der Waals surface area contributed by atoms with Gasteiger partial charge in [-0.25, -0.2) is 0 Å². The molecular formula is C90H88N4O4. The van der Waals surface area contributed by atoms with Crippen LogP contribution in [0.15, 0.2) is 191 Å². The predicted molar refractivity (Wildman–Crippen MR) is 404 cm³/mol. The zero-order chi connectivity index (χ0) is 67.4. The van der Waals surface area contributed by atoms with E-state index in [-0.39, 0.29) is 0 Å². The van der Waals surface area contributed by atoms with E-state index in [0.29, 0.717) is 23.6 Å². The first kappa shape index (κ1) is 68.7. The van der Waals surface area contributed by atoms with E-state index in [1.165, 1.54) is 116 Å². The van der Waals surface area contributed by atoms with Crippen molar-refractivity contribution >= 4 is 24.3 Å². The molecule has 1 aliphatic rings. The molecule has 0 atom stereocenters. The van der Waals surface area contributed by atoms with Crippen LogP contribution in [0.25, 0.3) is 104 Å². The highest BCUT2D eigenvalue weighted by Crippen LogP contribution is 2.49. The summed E-state index contributed by atoms with van der Waals surface area (Å²) in [6, 6.07) is 62.7. The number of hydrogen-bond donors (Lipinski definition) is 0. The third-order valence-corrected chi connectivity index (χ3v) is 18.4. The van der Waals surface area contributed by atoms with E-state index < -0.39 is 5.41 Å². The Balaban J connectivity index is 0.671. The van der Waals surface area contributed by atoms with E-state index in [1.807, 2.05) is 72.8 Å². The van der Waals surface area contributed by atoms with Gasteiger partial charge < -0.3 is 18.3 Å². The molecule has 0 radical (unpaired) electrons. The van der Waals surface area contributed by atoms with Crippen LogP contribution in [0.2, 0.25) is 0 Å². The molecule has 0 unspecified atom stereocenters. The van der Waals surface area contributed by atoms with Crippen molar-refractivity contribution in [1.82, 2.24) is 20.4 Å². The third-order valence-electron chi connectivity index (χ3n) is 18.4. The maximum absolute atomic E-state index is 6.15. The van der Waals surface area contributed by atoms with Crippen molar-refractivity contribution in [3.8, 4) is 139 Å². The quantitative estimate of drug-likeness (QED) is 0.0224. The predicted octanol–water partition coefficient (Wildman–Crippen LogP) is 23.3. The summed E-state index contributed by atoms with van der Waals surface area (Å²) < 4.78 is 24.4. The second-order valence-electron chi connectivity index (χ2n) is 25.6. The molecule has 8 aromatic carbocycles. The molecule has 8 heteroatoms. The highest BCUT2D eigenvalue weighted by Gasteiger charge is 2.38. The maximum Gasteiger partial charge on any atom is 0.248 e. The first-order valence-corrected chi connectivity index (χ1v) is 35.5. The molecule has 1 aliphatic carbocycles. The molecule has 2 heterocycles. The van der Waals surface area contributed by atoms with E-state index in [0.717, 1.165) is 127 Å². The van der Waals surface area contributed by atoms with E-state index in [1.54, 1.807) is 0 Å². The summed E-state index contributed by atoms with van der Waals surface area (Å²) in [5.74, 6) is 23.5. The van der Waals surface area contributed by atoms with Gasteiger partial charge >= 0.3 is 0 Å². The zero-order valence-electron chi connectivity index (χ0n) is 57.2. The molecule has 0 N–H and O–H groups in total. The third kappa shape index (κ3) is 19.1. The second kappa shape index (κ2) is 35.9. The normalized spacial score (nSPS) is 11.9. The first-order chi connectivity index (χ1) is 48.3. The van der Waals surface area contributed by atoms with Crippen LogP contribution in [0.4, 0.5) is 0 Å². The molecular weight excluding hydrogens is 1200 g/mol. The van der Waals surface area contributed by atoms with Gasteiger partial charge in [0.25, 0.3) is 0 Å². The number of rotatable bonds is 34. The summed E-state index contributed by atoms with van der Waals surface area (Å²) in [5.41, 5.74) is 16.0. The molecule has 10 aromatic rings. The second-order valence-corrected chi connectivity index (χ2v) is 25.6. The molecule has 11 rings (SSSR count). The van der Waals surface area contributed by atoms with Gasteiger partial charge in [0.2, 0.25) is 23.6 Å². The van der Waals surface area contributed by atoms with Crippen LogP contribution >= 0.6 is 0 Å². The Kier molecular flexibility index (Phi) is 25.2.